The van der Waals surface area contributed by atoms with Crippen LogP contribution in [0.2, 0.25) is 0 Å². The lowest BCUT2D eigenvalue weighted by atomic mass is 10.3. The van der Waals surface area contributed by atoms with E-state index in [4.69, 9.17) is 9.15 Å². The fourth-order valence-electron chi connectivity index (χ4n) is 1.54. The third-order valence-corrected chi connectivity index (χ3v) is 3.08. The number of nitrogens with one attached hydrogen (secondary N) is 1. The van der Waals surface area contributed by atoms with E-state index in [1.165, 1.54) is 18.4 Å². The van der Waals surface area contributed by atoms with Crippen molar-refractivity contribution in [3.05, 3.63) is 52.6 Å². The molecule has 0 saturated carbocycles. The highest BCUT2D eigenvalue weighted by Crippen LogP contribution is 2.23. The van der Waals surface area contributed by atoms with Gasteiger partial charge in [-0.25, -0.2) is 4.39 Å². The minimum atomic E-state index is -0.811. The predicted octanol–water partition coefficient (Wildman–Crippen LogP) is 3.26. The lowest BCUT2D eigenvalue weighted by Gasteiger charge is -2.15. The number of rotatable bonds is 5. The van der Waals surface area contributed by atoms with Crippen LogP contribution in [0.25, 0.3) is 0 Å². The van der Waals surface area contributed by atoms with Gasteiger partial charge in [-0.2, -0.15) is 0 Å². The van der Waals surface area contributed by atoms with E-state index in [0.717, 1.165) is 0 Å². The molecule has 0 spiro atoms. The van der Waals surface area contributed by atoms with Crippen molar-refractivity contribution in [1.29, 1.82) is 0 Å². The van der Waals surface area contributed by atoms with Crippen LogP contribution in [0, 0.1) is 5.82 Å². The third kappa shape index (κ3) is 3.84. The number of halogens is 2. The Morgan fingerprint density at radius 2 is 2.30 bits per heavy atom. The summed E-state index contributed by atoms with van der Waals surface area (Å²) in [4.78, 5) is 11.8. The lowest BCUT2D eigenvalue weighted by Crippen LogP contribution is -2.36. The third-order valence-electron chi connectivity index (χ3n) is 2.58. The zero-order valence-corrected chi connectivity index (χ0v) is 12.3. The van der Waals surface area contributed by atoms with Crippen LogP contribution < -0.4 is 10.1 Å². The molecule has 0 aliphatic carbocycles. The Morgan fingerprint density at radius 3 is 3.00 bits per heavy atom. The van der Waals surface area contributed by atoms with Crippen LogP contribution in [0.5, 0.6) is 5.75 Å². The van der Waals surface area contributed by atoms with E-state index in [1.807, 2.05) is 0 Å². The Kier molecular flexibility index (Phi) is 4.79. The minimum absolute atomic E-state index is 0.0278. The molecule has 2 aromatic rings. The lowest BCUT2D eigenvalue weighted by molar-refractivity contribution is -0.127. The Bertz CT molecular complexity index is 586. The summed E-state index contributed by atoms with van der Waals surface area (Å²) in [6, 6.07) is 7.79. The van der Waals surface area contributed by atoms with Crippen LogP contribution in [0.3, 0.4) is 0 Å². The molecule has 20 heavy (non-hydrogen) atoms. The molecule has 1 unspecified atom stereocenters. The number of carbonyl (C=O) groups excluding carboxylic acids is 1. The van der Waals surface area contributed by atoms with Crippen LogP contribution in [-0.2, 0) is 11.3 Å². The highest BCUT2D eigenvalue weighted by Gasteiger charge is 2.16. The second-order valence-corrected chi connectivity index (χ2v) is 5.05. The van der Waals surface area contributed by atoms with Gasteiger partial charge in [-0.1, -0.05) is 15.9 Å². The summed E-state index contributed by atoms with van der Waals surface area (Å²) in [5.74, 6) is -0.195. The quantitative estimate of drug-likeness (QED) is 0.907. The van der Waals surface area contributed by atoms with E-state index in [1.54, 1.807) is 25.1 Å². The Hall–Kier alpha value is -1.82. The SMILES string of the molecule is CC(Oc1cc(Br)ccc1F)C(=O)NCc1ccco1. The van der Waals surface area contributed by atoms with Crippen molar-refractivity contribution in [3.8, 4) is 5.75 Å². The molecule has 6 heteroatoms. The number of carbonyl (C=O) groups is 1. The molecule has 2 rings (SSSR count). The molecule has 1 heterocycles. The van der Waals surface area contributed by atoms with E-state index in [-0.39, 0.29) is 18.2 Å². The van der Waals surface area contributed by atoms with Gasteiger partial charge in [-0.3, -0.25) is 4.79 Å². The average molecular weight is 342 g/mol. The molecule has 0 fully saturated rings. The van der Waals surface area contributed by atoms with Crippen molar-refractivity contribution >= 4 is 21.8 Å². The minimum Gasteiger partial charge on any atom is -0.478 e. The second-order valence-electron chi connectivity index (χ2n) is 4.13. The first kappa shape index (κ1) is 14.6. The summed E-state index contributed by atoms with van der Waals surface area (Å²) in [6.07, 6.45) is 0.715. The highest BCUT2D eigenvalue weighted by atomic mass is 79.9. The van der Waals surface area contributed by atoms with Gasteiger partial charge >= 0.3 is 0 Å². The van der Waals surface area contributed by atoms with Gasteiger partial charge in [0.15, 0.2) is 17.7 Å². The van der Waals surface area contributed by atoms with E-state index in [9.17, 15) is 9.18 Å². The summed E-state index contributed by atoms with van der Waals surface area (Å²) >= 11 is 3.22. The van der Waals surface area contributed by atoms with Gasteiger partial charge < -0.3 is 14.5 Å². The van der Waals surface area contributed by atoms with Crippen molar-refractivity contribution in [1.82, 2.24) is 5.32 Å². The summed E-state index contributed by atoms with van der Waals surface area (Å²) in [6.45, 7) is 1.82. The summed E-state index contributed by atoms with van der Waals surface area (Å²) in [5, 5.41) is 2.65. The molecule has 0 saturated heterocycles. The number of ether oxygens (including phenoxy) is 1. The molecular formula is C14H13BrFNO3. The molecule has 1 amide bonds. The number of amides is 1. The van der Waals surface area contributed by atoms with E-state index in [2.05, 4.69) is 21.2 Å². The zero-order valence-electron chi connectivity index (χ0n) is 10.7. The molecule has 1 N–H and O–H groups in total. The van der Waals surface area contributed by atoms with Gasteiger partial charge in [0.1, 0.15) is 5.76 Å². The monoisotopic (exact) mass is 341 g/mol. The Balaban J connectivity index is 1.92. The molecule has 4 nitrogen and oxygen atoms in total. The van der Waals surface area contributed by atoms with Crippen molar-refractivity contribution in [2.75, 3.05) is 0 Å². The standard InChI is InChI=1S/C14H13BrFNO3/c1-9(14(18)17-8-11-3-2-6-19-11)20-13-7-10(15)4-5-12(13)16/h2-7,9H,8H2,1H3,(H,17,18). The summed E-state index contributed by atoms with van der Waals surface area (Å²) < 4.78 is 24.6. The highest BCUT2D eigenvalue weighted by molar-refractivity contribution is 9.10. The van der Waals surface area contributed by atoms with Crippen LogP contribution in [-0.4, -0.2) is 12.0 Å². The Morgan fingerprint density at radius 1 is 1.50 bits per heavy atom. The average Bonchev–Trinajstić information content (AvgIpc) is 2.93. The van der Waals surface area contributed by atoms with Crippen LogP contribution in [0.15, 0.2) is 45.5 Å². The smallest absolute Gasteiger partial charge is 0.261 e. The van der Waals surface area contributed by atoms with Crippen LogP contribution in [0.1, 0.15) is 12.7 Å². The molecule has 1 aromatic carbocycles. The fraction of sp³-hybridized carbons (Fsp3) is 0.214. The maximum Gasteiger partial charge on any atom is 0.261 e. The van der Waals surface area contributed by atoms with Crippen LogP contribution in [0.4, 0.5) is 4.39 Å². The Labute approximate surface area is 124 Å². The maximum atomic E-state index is 13.5. The van der Waals surface area contributed by atoms with Gasteiger partial charge in [0.25, 0.3) is 5.91 Å². The van der Waals surface area contributed by atoms with E-state index >= 15 is 0 Å². The first-order chi connectivity index (χ1) is 9.56. The van der Waals surface area contributed by atoms with E-state index in [0.29, 0.717) is 10.2 Å². The molecule has 106 valence electrons. The number of benzene rings is 1. The maximum absolute atomic E-state index is 13.5. The largest absolute Gasteiger partial charge is 0.478 e. The zero-order chi connectivity index (χ0) is 14.5. The van der Waals surface area contributed by atoms with Gasteiger partial charge in [0.05, 0.1) is 12.8 Å². The molecule has 0 aliphatic heterocycles. The van der Waals surface area contributed by atoms with Crippen molar-refractivity contribution < 1.29 is 18.3 Å². The fourth-order valence-corrected chi connectivity index (χ4v) is 1.88. The number of hydrogen-bond acceptors (Lipinski definition) is 3. The van der Waals surface area contributed by atoms with Gasteiger partial charge in [0, 0.05) is 4.47 Å². The normalized spacial score (nSPS) is 11.9. The summed E-state index contributed by atoms with van der Waals surface area (Å²) in [7, 11) is 0. The van der Waals surface area contributed by atoms with Gasteiger partial charge in [0.2, 0.25) is 0 Å². The molecular weight excluding hydrogens is 329 g/mol. The molecule has 0 bridgehead atoms. The van der Waals surface area contributed by atoms with Gasteiger partial charge in [-0.05, 0) is 37.3 Å². The summed E-state index contributed by atoms with van der Waals surface area (Å²) in [5.41, 5.74) is 0. The van der Waals surface area contributed by atoms with E-state index < -0.39 is 11.9 Å². The second kappa shape index (κ2) is 6.56. The topological polar surface area (TPSA) is 51.5 Å². The van der Waals surface area contributed by atoms with Crippen molar-refractivity contribution in [2.45, 2.75) is 19.6 Å². The molecule has 1 aromatic heterocycles. The molecule has 0 aliphatic rings. The van der Waals surface area contributed by atoms with Crippen molar-refractivity contribution in [2.24, 2.45) is 0 Å². The predicted molar refractivity (Wildman–Crippen MR) is 74.7 cm³/mol. The first-order valence-electron chi connectivity index (χ1n) is 5.98. The van der Waals surface area contributed by atoms with Crippen molar-refractivity contribution in [3.63, 3.8) is 0 Å². The molecule has 1 atom stereocenters. The first-order valence-corrected chi connectivity index (χ1v) is 6.77. The number of hydrogen-bond donors (Lipinski definition) is 1. The number of furan rings is 1. The van der Waals surface area contributed by atoms with Gasteiger partial charge in [-0.15, -0.1) is 0 Å². The molecule has 0 radical (unpaired) electrons. The van der Waals surface area contributed by atoms with Crippen LogP contribution >= 0.6 is 15.9 Å².